The van der Waals surface area contributed by atoms with Crippen LogP contribution in [0.2, 0.25) is 0 Å². The van der Waals surface area contributed by atoms with Gasteiger partial charge < -0.3 is 10.1 Å². The van der Waals surface area contributed by atoms with Crippen LogP contribution in [0.15, 0.2) is 48.5 Å². The van der Waals surface area contributed by atoms with Crippen LogP contribution in [0.5, 0.6) is 5.75 Å². The van der Waals surface area contributed by atoms with E-state index in [0.29, 0.717) is 25.8 Å². The summed E-state index contributed by atoms with van der Waals surface area (Å²) in [5.74, 6) is 0.675. The summed E-state index contributed by atoms with van der Waals surface area (Å²) in [4.78, 5) is 26.8. The van der Waals surface area contributed by atoms with E-state index in [1.54, 1.807) is 12.0 Å². The van der Waals surface area contributed by atoms with E-state index in [-0.39, 0.29) is 11.8 Å². The molecule has 1 aliphatic heterocycles. The van der Waals surface area contributed by atoms with Gasteiger partial charge in [-0.15, -0.1) is 0 Å². The second-order valence-corrected chi connectivity index (χ2v) is 6.36. The molecule has 2 aromatic rings. The number of carbonyl (C=O) groups excluding carboxylic acids is 2. The van der Waals surface area contributed by atoms with E-state index in [1.165, 1.54) is 0 Å². The van der Waals surface area contributed by atoms with Crippen LogP contribution >= 0.6 is 0 Å². The fraction of sp³-hybridized carbons (Fsp3) is 0.333. The predicted molar refractivity (Wildman–Crippen MR) is 101 cm³/mol. The van der Waals surface area contributed by atoms with E-state index in [4.69, 9.17) is 4.74 Å². The highest BCUT2D eigenvalue weighted by atomic mass is 16.5. The van der Waals surface area contributed by atoms with E-state index in [1.807, 2.05) is 55.5 Å². The third-order valence-electron chi connectivity index (χ3n) is 4.70. The molecule has 0 spiro atoms. The van der Waals surface area contributed by atoms with Crippen molar-refractivity contribution in [2.24, 2.45) is 0 Å². The minimum absolute atomic E-state index is 0.0251. The van der Waals surface area contributed by atoms with E-state index >= 15 is 0 Å². The smallest absolute Gasteiger partial charge is 0.243 e. The van der Waals surface area contributed by atoms with Crippen LogP contribution in [0.3, 0.4) is 0 Å². The van der Waals surface area contributed by atoms with Crippen molar-refractivity contribution < 1.29 is 14.3 Å². The summed E-state index contributed by atoms with van der Waals surface area (Å²) < 4.78 is 5.22. The number of hydrogen-bond acceptors (Lipinski definition) is 3. The van der Waals surface area contributed by atoms with Crippen molar-refractivity contribution in [3.05, 3.63) is 59.7 Å². The molecule has 0 saturated carbocycles. The maximum absolute atomic E-state index is 12.7. The number of hydrogen-bond donors (Lipinski definition) is 1. The molecule has 5 heteroatoms. The summed E-state index contributed by atoms with van der Waals surface area (Å²) >= 11 is 0. The molecule has 0 radical (unpaired) electrons. The van der Waals surface area contributed by atoms with Crippen molar-refractivity contribution in [3.63, 3.8) is 0 Å². The number of amides is 2. The summed E-state index contributed by atoms with van der Waals surface area (Å²) in [5, 5.41) is 2.98. The molecule has 5 nitrogen and oxygen atoms in total. The van der Waals surface area contributed by atoms with E-state index in [0.717, 1.165) is 22.6 Å². The molecule has 1 atom stereocenters. The maximum Gasteiger partial charge on any atom is 0.243 e. The van der Waals surface area contributed by atoms with E-state index in [2.05, 4.69) is 5.32 Å². The Morgan fingerprint density at radius 1 is 1.19 bits per heavy atom. The molecule has 3 rings (SSSR count). The molecule has 0 fully saturated rings. The Bertz CT molecular complexity index is 803. The maximum atomic E-state index is 12.7. The molecule has 0 saturated heterocycles. The molecular formula is C21H24N2O3. The summed E-state index contributed by atoms with van der Waals surface area (Å²) in [7, 11) is 1.64. The van der Waals surface area contributed by atoms with Gasteiger partial charge in [-0.3, -0.25) is 14.5 Å². The van der Waals surface area contributed by atoms with Crippen LogP contribution in [0.4, 0.5) is 5.69 Å². The Balaban J connectivity index is 1.64. The molecule has 0 aliphatic carbocycles. The quantitative estimate of drug-likeness (QED) is 0.870. The number of nitrogens with one attached hydrogen (secondary N) is 1. The summed E-state index contributed by atoms with van der Waals surface area (Å²) in [6.07, 6.45) is 1.65. The van der Waals surface area contributed by atoms with Crippen molar-refractivity contribution in [2.45, 2.75) is 32.2 Å². The van der Waals surface area contributed by atoms with Gasteiger partial charge in [-0.05, 0) is 35.7 Å². The number of methoxy groups -OCH3 is 1. The van der Waals surface area contributed by atoms with Crippen LogP contribution in [-0.2, 0) is 22.4 Å². The first-order valence-electron chi connectivity index (χ1n) is 8.94. The molecule has 26 heavy (non-hydrogen) atoms. The van der Waals surface area contributed by atoms with Gasteiger partial charge in [0.2, 0.25) is 11.8 Å². The van der Waals surface area contributed by atoms with Gasteiger partial charge in [0.25, 0.3) is 0 Å². The second-order valence-electron chi connectivity index (χ2n) is 6.36. The Hall–Kier alpha value is -2.82. The molecule has 1 N–H and O–H groups in total. The first-order chi connectivity index (χ1) is 12.6. The third kappa shape index (κ3) is 3.72. The van der Waals surface area contributed by atoms with Gasteiger partial charge in [0.15, 0.2) is 0 Å². The molecule has 2 amide bonds. The lowest BCUT2D eigenvalue weighted by Gasteiger charge is -2.24. The van der Waals surface area contributed by atoms with Gasteiger partial charge in [-0.2, -0.15) is 0 Å². The fourth-order valence-corrected chi connectivity index (χ4v) is 3.35. The first-order valence-corrected chi connectivity index (χ1v) is 8.94. The lowest BCUT2D eigenvalue weighted by atomic mass is 10.1. The first kappa shape index (κ1) is 18.0. The molecule has 1 aliphatic rings. The normalized spacial score (nSPS) is 15.5. The zero-order valence-electron chi connectivity index (χ0n) is 15.2. The van der Waals surface area contributed by atoms with Gasteiger partial charge in [-0.1, -0.05) is 37.3 Å². The van der Waals surface area contributed by atoms with Crippen molar-refractivity contribution in [1.29, 1.82) is 0 Å². The third-order valence-corrected chi connectivity index (χ3v) is 4.70. The highest BCUT2D eigenvalue weighted by Gasteiger charge is 2.37. The van der Waals surface area contributed by atoms with Crippen molar-refractivity contribution in [2.75, 3.05) is 18.6 Å². The summed E-state index contributed by atoms with van der Waals surface area (Å²) in [5.41, 5.74) is 3.00. The Morgan fingerprint density at radius 3 is 2.77 bits per heavy atom. The Morgan fingerprint density at radius 2 is 2.00 bits per heavy atom. The average Bonchev–Trinajstić information content (AvgIpc) is 3.07. The van der Waals surface area contributed by atoms with Gasteiger partial charge in [0.05, 0.1) is 7.11 Å². The van der Waals surface area contributed by atoms with Crippen LogP contribution < -0.4 is 15.0 Å². The number of ether oxygens (including phenoxy) is 1. The lowest BCUT2D eigenvalue weighted by Crippen LogP contribution is -2.48. The molecule has 1 heterocycles. The Labute approximate surface area is 154 Å². The van der Waals surface area contributed by atoms with Crippen LogP contribution in [-0.4, -0.2) is 31.5 Å². The highest BCUT2D eigenvalue weighted by Crippen LogP contribution is 2.32. The molecular weight excluding hydrogens is 328 g/mol. The minimum Gasteiger partial charge on any atom is -0.497 e. The molecule has 1 unspecified atom stereocenters. The molecule has 136 valence electrons. The van der Waals surface area contributed by atoms with Crippen molar-refractivity contribution >= 4 is 17.5 Å². The van der Waals surface area contributed by atoms with Crippen molar-refractivity contribution in [3.8, 4) is 5.75 Å². The van der Waals surface area contributed by atoms with Crippen molar-refractivity contribution in [1.82, 2.24) is 5.32 Å². The van der Waals surface area contributed by atoms with E-state index in [9.17, 15) is 9.59 Å². The predicted octanol–water partition coefficient (Wildman–Crippen LogP) is 2.72. The number of anilines is 1. The summed E-state index contributed by atoms with van der Waals surface area (Å²) in [6, 6.07) is 15.1. The standard InChI is InChI=1S/C21H24N2O3/c1-3-20(24)23-18-10-5-4-8-16(18)14-19(23)21(25)22-12-11-15-7-6-9-17(13-15)26-2/h4-10,13,19H,3,11-12,14H2,1-2H3,(H,22,25). The van der Waals surface area contributed by atoms with Gasteiger partial charge in [-0.25, -0.2) is 0 Å². The lowest BCUT2D eigenvalue weighted by molar-refractivity contribution is -0.126. The monoisotopic (exact) mass is 352 g/mol. The molecule has 0 aromatic heterocycles. The average molecular weight is 352 g/mol. The number of nitrogens with zero attached hydrogens (tertiary/aromatic N) is 1. The van der Waals surface area contributed by atoms with Crippen LogP contribution in [0.25, 0.3) is 0 Å². The zero-order valence-corrected chi connectivity index (χ0v) is 15.2. The van der Waals surface area contributed by atoms with Crippen LogP contribution in [0.1, 0.15) is 24.5 Å². The second kappa shape index (κ2) is 8.04. The number of rotatable bonds is 6. The number of para-hydroxylation sites is 1. The molecule has 0 bridgehead atoms. The highest BCUT2D eigenvalue weighted by molar-refractivity contribution is 6.03. The topological polar surface area (TPSA) is 58.6 Å². The zero-order chi connectivity index (χ0) is 18.5. The minimum atomic E-state index is -0.467. The fourth-order valence-electron chi connectivity index (χ4n) is 3.35. The number of carbonyl (C=O) groups is 2. The van der Waals surface area contributed by atoms with Crippen LogP contribution in [0, 0.1) is 0 Å². The van der Waals surface area contributed by atoms with Gasteiger partial charge >= 0.3 is 0 Å². The molecule has 2 aromatic carbocycles. The summed E-state index contributed by atoms with van der Waals surface area (Å²) in [6.45, 7) is 2.34. The Kier molecular flexibility index (Phi) is 5.56. The number of fused-ring (bicyclic) bond motifs is 1. The van der Waals surface area contributed by atoms with Gasteiger partial charge in [0, 0.05) is 25.1 Å². The van der Waals surface area contributed by atoms with Gasteiger partial charge in [0.1, 0.15) is 11.8 Å². The largest absolute Gasteiger partial charge is 0.497 e. The number of benzene rings is 2. The van der Waals surface area contributed by atoms with E-state index < -0.39 is 6.04 Å². The SMILES string of the molecule is CCC(=O)N1c2ccccc2CC1C(=O)NCCc1cccc(OC)c1.